The van der Waals surface area contributed by atoms with Gasteiger partial charge in [-0.25, -0.2) is 0 Å². The molecule has 0 bridgehead atoms. The molecule has 2 unspecified atom stereocenters. The molecule has 0 aromatic carbocycles. The number of hydrogen-bond donors (Lipinski definition) is 1. The van der Waals surface area contributed by atoms with Gasteiger partial charge >= 0.3 is 0 Å². The van der Waals surface area contributed by atoms with Crippen molar-refractivity contribution in [1.82, 2.24) is 0 Å². The highest BCUT2D eigenvalue weighted by molar-refractivity contribution is 8.77. The van der Waals surface area contributed by atoms with Gasteiger partial charge in [0.2, 0.25) is 0 Å². The molecule has 0 radical (unpaired) electrons. The smallest absolute Gasteiger partial charge is 0.0463 e. The van der Waals surface area contributed by atoms with E-state index in [4.69, 9.17) is 17.3 Å². The van der Waals surface area contributed by atoms with E-state index in [9.17, 15) is 0 Å². The molecule has 1 aliphatic rings. The van der Waals surface area contributed by atoms with Crippen LogP contribution >= 0.6 is 33.2 Å². The fourth-order valence-electron chi connectivity index (χ4n) is 1.34. The lowest BCUT2D eigenvalue weighted by Crippen LogP contribution is -2.21. The molecule has 0 aliphatic heterocycles. The van der Waals surface area contributed by atoms with Crippen molar-refractivity contribution in [1.29, 1.82) is 0 Å². The van der Waals surface area contributed by atoms with Gasteiger partial charge in [-0.1, -0.05) is 34.4 Å². The van der Waals surface area contributed by atoms with Crippen LogP contribution in [0.25, 0.3) is 0 Å². The lowest BCUT2D eigenvalue weighted by Gasteiger charge is -2.25. The molecule has 1 rings (SSSR count). The fraction of sp³-hybridized carbons (Fsp3) is 1.00. The summed E-state index contributed by atoms with van der Waals surface area (Å²) in [5, 5.41) is 1.06. The zero-order chi connectivity index (χ0) is 8.81. The molecule has 0 saturated heterocycles. The minimum absolute atomic E-state index is 0.397. The Balaban J connectivity index is 2.11. The van der Waals surface area contributed by atoms with Gasteiger partial charge in [0.05, 0.1) is 0 Å². The Morgan fingerprint density at radius 3 is 2.75 bits per heavy atom. The van der Waals surface area contributed by atoms with Crippen LogP contribution in [0.1, 0.15) is 25.7 Å². The van der Waals surface area contributed by atoms with Crippen molar-refractivity contribution in [2.24, 2.45) is 5.73 Å². The Hall–Kier alpha value is 0.950. The second-order valence-corrected chi connectivity index (χ2v) is 6.33. The van der Waals surface area contributed by atoms with Crippen LogP contribution in [0.5, 0.6) is 0 Å². The SMILES string of the molecule is NCCSSC1CCCCC1Cl. The molecular formula is C8H16ClNS2. The summed E-state index contributed by atoms with van der Waals surface area (Å²) in [6.07, 6.45) is 5.15. The van der Waals surface area contributed by atoms with Crippen LogP contribution in [0, 0.1) is 0 Å². The van der Waals surface area contributed by atoms with Crippen molar-refractivity contribution in [3.63, 3.8) is 0 Å². The normalized spacial score (nSPS) is 30.5. The average molecular weight is 226 g/mol. The van der Waals surface area contributed by atoms with Crippen molar-refractivity contribution in [2.75, 3.05) is 12.3 Å². The number of rotatable bonds is 4. The zero-order valence-electron chi connectivity index (χ0n) is 7.17. The first-order chi connectivity index (χ1) is 5.84. The summed E-state index contributed by atoms with van der Waals surface area (Å²) in [5.41, 5.74) is 5.41. The minimum atomic E-state index is 0.397. The van der Waals surface area contributed by atoms with Crippen molar-refractivity contribution >= 4 is 33.2 Å². The quantitative estimate of drug-likeness (QED) is 0.453. The van der Waals surface area contributed by atoms with Crippen molar-refractivity contribution < 1.29 is 0 Å². The van der Waals surface area contributed by atoms with Crippen molar-refractivity contribution in [3.05, 3.63) is 0 Å². The molecule has 1 fully saturated rings. The van der Waals surface area contributed by atoms with E-state index in [1.807, 2.05) is 21.6 Å². The van der Waals surface area contributed by atoms with Gasteiger partial charge < -0.3 is 5.73 Å². The van der Waals surface area contributed by atoms with Crippen molar-refractivity contribution in [2.45, 2.75) is 36.3 Å². The van der Waals surface area contributed by atoms with Crippen LogP contribution in [-0.4, -0.2) is 22.9 Å². The third-order valence-electron chi connectivity index (χ3n) is 2.01. The van der Waals surface area contributed by atoms with E-state index in [2.05, 4.69) is 0 Å². The Bertz CT molecular complexity index is 124. The van der Waals surface area contributed by atoms with Gasteiger partial charge in [-0.3, -0.25) is 0 Å². The van der Waals surface area contributed by atoms with Crippen LogP contribution in [0.3, 0.4) is 0 Å². The molecular weight excluding hydrogens is 210 g/mol. The van der Waals surface area contributed by atoms with Crippen LogP contribution in [0.4, 0.5) is 0 Å². The summed E-state index contributed by atoms with van der Waals surface area (Å²) in [4.78, 5) is 0. The minimum Gasteiger partial charge on any atom is -0.330 e. The van der Waals surface area contributed by atoms with Crippen LogP contribution in [0.2, 0.25) is 0 Å². The van der Waals surface area contributed by atoms with E-state index in [1.54, 1.807) is 0 Å². The van der Waals surface area contributed by atoms with Gasteiger partial charge in [-0.15, -0.1) is 11.6 Å². The molecule has 72 valence electrons. The third-order valence-corrected chi connectivity index (χ3v) is 5.69. The first kappa shape index (κ1) is 11.0. The number of hydrogen-bond acceptors (Lipinski definition) is 3. The topological polar surface area (TPSA) is 26.0 Å². The van der Waals surface area contributed by atoms with Gasteiger partial charge in [0, 0.05) is 22.9 Å². The van der Waals surface area contributed by atoms with E-state index in [1.165, 1.54) is 25.7 Å². The molecule has 1 aliphatic carbocycles. The van der Waals surface area contributed by atoms with E-state index >= 15 is 0 Å². The lowest BCUT2D eigenvalue weighted by atomic mass is 10.00. The van der Waals surface area contributed by atoms with E-state index in [0.29, 0.717) is 10.6 Å². The molecule has 0 aromatic rings. The number of nitrogens with two attached hydrogens (primary N) is 1. The number of halogens is 1. The zero-order valence-corrected chi connectivity index (χ0v) is 9.56. The predicted octanol–water partition coefficient (Wildman–Crippen LogP) is 2.88. The summed E-state index contributed by atoms with van der Waals surface area (Å²) >= 11 is 6.20. The first-order valence-electron chi connectivity index (χ1n) is 4.47. The van der Waals surface area contributed by atoms with Gasteiger partial charge in [-0.2, -0.15) is 0 Å². The van der Waals surface area contributed by atoms with Gasteiger partial charge in [0.15, 0.2) is 0 Å². The maximum Gasteiger partial charge on any atom is 0.0463 e. The molecule has 1 saturated carbocycles. The summed E-state index contributed by atoms with van der Waals surface area (Å²) in [6, 6.07) is 0. The monoisotopic (exact) mass is 225 g/mol. The summed E-state index contributed by atoms with van der Waals surface area (Å²) in [6.45, 7) is 0.775. The van der Waals surface area contributed by atoms with E-state index in [-0.39, 0.29) is 0 Å². The predicted molar refractivity (Wildman–Crippen MR) is 61.0 cm³/mol. The van der Waals surface area contributed by atoms with Crippen LogP contribution in [0.15, 0.2) is 0 Å². The van der Waals surface area contributed by atoms with E-state index in [0.717, 1.165) is 12.3 Å². The average Bonchev–Trinajstić information content (AvgIpc) is 2.09. The molecule has 12 heavy (non-hydrogen) atoms. The molecule has 0 amide bonds. The highest BCUT2D eigenvalue weighted by Gasteiger charge is 2.23. The molecule has 1 nitrogen and oxygen atoms in total. The third kappa shape index (κ3) is 3.77. The summed E-state index contributed by atoms with van der Waals surface area (Å²) in [7, 11) is 3.81. The molecule has 2 N–H and O–H groups in total. The van der Waals surface area contributed by atoms with E-state index < -0.39 is 0 Å². The molecule has 2 atom stereocenters. The highest BCUT2D eigenvalue weighted by atomic mass is 35.5. The maximum absolute atomic E-state index is 6.20. The van der Waals surface area contributed by atoms with Gasteiger partial charge in [0.1, 0.15) is 0 Å². The Kier molecular flexibility index (Phi) is 5.89. The Labute approximate surface area is 87.6 Å². The Morgan fingerprint density at radius 1 is 1.33 bits per heavy atom. The maximum atomic E-state index is 6.20. The first-order valence-corrected chi connectivity index (χ1v) is 7.29. The second kappa shape index (κ2) is 6.41. The number of alkyl halides is 1. The standard InChI is InChI=1S/C8H16ClNS2/c9-7-3-1-2-4-8(7)12-11-6-5-10/h7-8H,1-6,10H2. The van der Waals surface area contributed by atoms with Crippen LogP contribution in [-0.2, 0) is 0 Å². The van der Waals surface area contributed by atoms with Crippen molar-refractivity contribution in [3.8, 4) is 0 Å². The molecule has 0 aromatic heterocycles. The molecule has 0 heterocycles. The largest absolute Gasteiger partial charge is 0.330 e. The summed E-state index contributed by atoms with van der Waals surface area (Å²) in [5.74, 6) is 1.05. The summed E-state index contributed by atoms with van der Waals surface area (Å²) < 4.78 is 0. The molecule has 4 heteroatoms. The van der Waals surface area contributed by atoms with Gasteiger partial charge in [0.25, 0.3) is 0 Å². The van der Waals surface area contributed by atoms with Gasteiger partial charge in [-0.05, 0) is 12.8 Å². The second-order valence-electron chi connectivity index (χ2n) is 3.05. The lowest BCUT2D eigenvalue weighted by molar-refractivity contribution is 0.524. The molecule has 0 spiro atoms. The fourth-order valence-corrected chi connectivity index (χ4v) is 4.64. The highest BCUT2D eigenvalue weighted by Crippen LogP contribution is 2.38. The Morgan fingerprint density at radius 2 is 2.08 bits per heavy atom. The van der Waals surface area contributed by atoms with Crippen LogP contribution < -0.4 is 5.73 Å².